The van der Waals surface area contributed by atoms with Crippen molar-refractivity contribution in [2.24, 2.45) is 0 Å². The van der Waals surface area contributed by atoms with Crippen molar-refractivity contribution in [2.75, 3.05) is 6.26 Å². The third kappa shape index (κ3) is 3.58. The number of carbonyl (C=O) groups is 1. The van der Waals surface area contributed by atoms with Crippen LogP contribution < -0.4 is 0 Å². The second-order valence-corrected chi connectivity index (χ2v) is 7.42. The van der Waals surface area contributed by atoms with Gasteiger partial charge in [0.05, 0.1) is 4.90 Å². The Labute approximate surface area is 125 Å². The molecule has 0 aromatic heterocycles. The molecule has 110 valence electrons. The lowest BCUT2D eigenvalue weighted by Gasteiger charge is -2.07. The maximum atomic E-state index is 12.3. The zero-order valence-electron chi connectivity index (χ0n) is 12.3. The van der Waals surface area contributed by atoms with Gasteiger partial charge in [-0.1, -0.05) is 38.1 Å². The highest BCUT2D eigenvalue weighted by atomic mass is 32.2. The fourth-order valence-corrected chi connectivity index (χ4v) is 2.67. The smallest absolute Gasteiger partial charge is 0.193 e. The Morgan fingerprint density at radius 2 is 1.29 bits per heavy atom. The predicted octanol–water partition coefficient (Wildman–Crippen LogP) is 3.44. The molecule has 0 fully saturated rings. The third-order valence-electron chi connectivity index (χ3n) is 3.38. The normalized spacial score (nSPS) is 11.6. The van der Waals surface area contributed by atoms with Crippen LogP contribution in [0.5, 0.6) is 0 Å². The van der Waals surface area contributed by atoms with Gasteiger partial charge in [-0.2, -0.15) is 0 Å². The van der Waals surface area contributed by atoms with Crippen molar-refractivity contribution < 1.29 is 13.2 Å². The average molecular weight is 302 g/mol. The van der Waals surface area contributed by atoms with Gasteiger partial charge in [0.2, 0.25) is 0 Å². The number of benzene rings is 2. The van der Waals surface area contributed by atoms with E-state index in [1.807, 2.05) is 24.3 Å². The van der Waals surface area contributed by atoms with Gasteiger partial charge >= 0.3 is 0 Å². The van der Waals surface area contributed by atoms with Gasteiger partial charge in [-0.3, -0.25) is 4.79 Å². The maximum absolute atomic E-state index is 12.3. The molecule has 0 bridgehead atoms. The standard InChI is InChI=1S/C17H18O3S/c1-12(2)13-4-6-14(7-5-13)17(18)15-8-10-16(11-9-15)21(3,19)20/h4-12H,1-3H3. The van der Waals surface area contributed by atoms with Crippen molar-refractivity contribution in [3.8, 4) is 0 Å². The first-order valence-electron chi connectivity index (χ1n) is 6.74. The van der Waals surface area contributed by atoms with Crippen molar-refractivity contribution in [1.29, 1.82) is 0 Å². The van der Waals surface area contributed by atoms with Crippen LogP contribution in [0.1, 0.15) is 41.3 Å². The zero-order valence-corrected chi connectivity index (χ0v) is 13.1. The molecular formula is C17H18O3S. The van der Waals surface area contributed by atoms with E-state index >= 15 is 0 Å². The first kappa shape index (κ1) is 15.4. The van der Waals surface area contributed by atoms with Crippen molar-refractivity contribution >= 4 is 15.6 Å². The van der Waals surface area contributed by atoms with Crippen LogP contribution in [-0.2, 0) is 9.84 Å². The molecule has 3 nitrogen and oxygen atoms in total. The summed E-state index contributed by atoms with van der Waals surface area (Å²) in [4.78, 5) is 12.6. The molecule has 0 unspecified atom stereocenters. The molecule has 0 N–H and O–H groups in total. The molecule has 0 heterocycles. The second-order valence-electron chi connectivity index (χ2n) is 5.40. The molecule has 2 aromatic rings. The second kappa shape index (κ2) is 5.82. The summed E-state index contributed by atoms with van der Waals surface area (Å²) in [6, 6.07) is 13.5. The van der Waals surface area contributed by atoms with Crippen molar-refractivity contribution in [3.05, 3.63) is 65.2 Å². The van der Waals surface area contributed by atoms with Crippen LogP contribution >= 0.6 is 0 Å². The van der Waals surface area contributed by atoms with Crippen molar-refractivity contribution in [2.45, 2.75) is 24.7 Å². The van der Waals surface area contributed by atoms with Crippen LogP contribution in [0.2, 0.25) is 0 Å². The van der Waals surface area contributed by atoms with Crippen LogP contribution in [-0.4, -0.2) is 20.5 Å². The predicted molar refractivity (Wildman–Crippen MR) is 83.5 cm³/mol. The summed E-state index contributed by atoms with van der Waals surface area (Å²) in [5.74, 6) is 0.313. The lowest BCUT2D eigenvalue weighted by Crippen LogP contribution is -2.03. The van der Waals surface area contributed by atoms with Gasteiger partial charge in [0.25, 0.3) is 0 Å². The molecular weight excluding hydrogens is 284 g/mol. The summed E-state index contributed by atoms with van der Waals surface area (Å²) in [5.41, 5.74) is 2.27. The quantitative estimate of drug-likeness (QED) is 0.813. The van der Waals surface area contributed by atoms with Crippen molar-refractivity contribution in [1.82, 2.24) is 0 Å². The average Bonchev–Trinajstić information content (AvgIpc) is 2.46. The molecule has 2 rings (SSSR count). The molecule has 4 heteroatoms. The lowest BCUT2D eigenvalue weighted by atomic mass is 9.98. The minimum Gasteiger partial charge on any atom is -0.289 e. The highest BCUT2D eigenvalue weighted by Gasteiger charge is 2.12. The number of sulfone groups is 1. The number of carbonyl (C=O) groups excluding carboxylic acids is 1. The Morgan fingerprint density at radius 3 is 1.67 bits per heavy atom. The summed E-state index contributed by atoms with van der Waals surface area (Å²) >= 11 is 0. The van der Waals surface area contributed by atoms with E-state index in [1.54, 1.807) is 12.1 Å². The van der Waals surface area contributed by atoms with Gasteiger partial charge in [0.15, 0.2) is 15.6 Å². The number of ketones is 1. The van der Waals surface area contributed by atoms with E-state index in [0.717, 1.165) is 6.26 Å². The number of rotatable bonds is 4. The van der Waals surface area contributed by atoms with E-state index < -0.39 is 9.84 Å². The van der Waals surface area contributed by atoms with Gasteiger partial charge in [-0.05, 0) is 35.7 Å². The Morgan fingerprint density at radius 1 is 0.857 bits per heavy atom. The van der Waals surface area contributed by atoms with Crippen LogP contribution in [0.25, 0.3) is 0 Å². The maximum Gasteiger partial charge on any atom is 0.193 e. The van der Waals surface area contributed by atoms with E-state index in [-0.39, 0.29) is 10.7 Å². The molecule has 0 atom stereocenters. The molecule has 0 spiro atoms. The van der Waals surface area contributed by atoms with E-state index in [4.69, 9.17) is 0 Å². The summed E-state index contributed by atoms with van der Waals surface area (Å²) in [7, 11) is -3.24. The van der Waals surface area contributed by atoms with Crippen LogP contribution in [0.3, 0.4) is 0 Å². The molecule has 0 aliphatic rings. The fourth-order valence-electron chi connectivity index (χ4n) is 2.04. The monoisotopic (exact) mass is 302 g/mol. The Balaban J connectivity index is 2.27. The van der Waals surface area contributed by atoms with Gasteiger partial charge in [-0.15, -0.1) is 0 Å². The highest BCUT2D eigenvalue weighted by molar-refractivity contribution is 7.90. The van der Waals surface area contributed by atoms with Gasteiger partial charge in [0, 0.05) is 17.4 Å². The Kier molecular flexibility index (Phi) is 4.28. The lowest BCUT2D eigenvalue weighted by molar-refractivity contribution is 0.103. The topological polar surface area (TPSA) is 51.2 Å². The highest BCUT2D eigenvalue weighted by Crippen LogP contribution is 2.18. The number of hydrogen-bond acceptors (Lipinski definition) is 3. The molecule has 0 aliphatic heterocycles. The Bertz CT molecular complexity index is 740. The van der Waals surface area contributed by atoms with Crippen LogP contribution in [0.4, 0.5) is 0 Å². The van der Waals surface area contributed by atoms with E-state index in [1.165, 1.54) is 17.7 Å². The summed E-state index contributed by atoms with van der Waals surface area (Å²) in [6.07, 6.45) is 1.15. The fraction of sp³-hybridized carbons (Fsp3) is 0.235. The summed E-state index contributed by atoms with van der Waals surface area (Å²) < 4.78 is 22.8. The number of hydrogen-bond donors (Lipinski definition) is 0. The van der Waals surface area contributed by atoms with Gasteiger partial charge in [0.1, 0.15) is 0 Å². The van der Waals surface area contributed by atoms with Gasteiger partial charge < -0.3 is 0 Å². The molecule has 0 saturated carbocycles. The van der Waals surface area contributed by atoms with E-state index in [9.17, 15) is 13.2 Å². The van der Waals surface area contributed by atoms with Crippen molar-refractivity contribution in [3.63, 3.8) is 0 Å². The van der Waals surface area contributed by atoms with Crippen LogP contribution in [0.15, 0.2) is 53.4 Å². The SMILES string of the molecule is CC(C)c1ccc(C(=O)c2ccc(S(C)(=O)=O)cc2)cc1. The van der Waals surface area contributed by atoms with Crippen LogP contribution in [0, 0.1) is 0 Å². The molecule has 0 aliphatic carbocycles. The minimum absolute atomic E-state index is 0.106. The summed E-state index contributed by atoms with van der Waals surface area (Å²) in [5, 5.41) is 0. The first-order chi connectivity index (χ1) is 9.79. The van der Waals surface area contributed by atoms with E-state index in [0.29, 0.717) is 17.0 Å². The largest absolute Gasteiger partial charge is 0.289 e. The Hall–Kier alpha value is -1.94. The third-order valence-corrected chi connectivity index (χ3v) is 4.51. The molecule has 2 aromatic carbocycles. The molecule has 0 amide bonds. The first-order valence-corrected chi connectivity index (χ1v) is 8.63. The minimum atomic E-state index is -3.24. The van der Waals surface area contributed by atoms with E-state index in [2.05, 4.69) is 13.8 Å². The molecule has 0 radical (unpaired) electrons. The molecule has 0 saturated heterocycles. The summed E-state index contributed by atoms with van der Waals surface area (Å²) in [6.45, 7) is 4.20. The van der Waals surface area contributed by atoms with Gasteiger partial charge in [-0.25, -0.2) is 8.42 Å². The zero-order chi connectivity index (χ0) is 15.6. The molecule has 21 heavy (non-hydrogen) atoms.